The fraction of sp³-hybridized carbons (Fsp3) is 0.429. The number of nitrogens with zero attached hydrogens (tertiary/aromatic N) is 4. The monoisotopic (exact) mass is 368 g/mol. The lowest BCUT2D eigenvalue weighted by molar-refractivity contribution is 0.429. The molecule has 1 unspecified atom stereocenters. The number of hydrazone groups is 1. The van der Waals surface area contributed by atoms with Crippen molar-refractivity contribution in [2.45, 2.75) is 25.2 Å². The minimum Gasteiger partial charge on any atom is -0.397 e. The van der Waals surface area contributed by atoms with Gasteiger partial charge in [-0.2, -0.15) is 9.46 Å². The predicted molar refractivity (Wildman–Crippen MR) is 97.6 cm³/mol. The number of hydrogen-bond donors (Lipinski definition) is 2. The summed E-state index contributed by atoms with van der Waals surface area (Å²) < 4.78 is 31.5. The van der Waals surface area contributed by atoms with Gasteiger partial charge >= 0.3 is 0 Å². The van der Waals surface area contributed by atoms with E-state index < -0.39 is 10.0 Å². The van der Waals surface area contributed by atoms with Gasteiger partial charge in [0, 0.05) is 31.1 Å². The van der Waals surface area contributed by atoms with Crippen molar-refractivity contribution >= 4 is 46.0 Å². The van der Waals surface area contributed by atoms with Gasteiger partial charge in [0.25, 0.3) is 10.0 Å². The molecular weight excluding hydrogens is 348 g/mol. The molecule has 0 amide bonds. The van der Waals surface area contributed by atoms with Gasteiger partial charge in [-0.1, -0.05) is 13.0 Å². The van der Waals surface area contributed by atoms with Gasteiger partial charge in [0.1, 0.15) is 10.6 Å². The number of hydrogen-bond acceptors (Lipinski definition) is 7. The van der Waals surface area contributed by atoms with Crippen molar-refractivity contribution in [3.05, 3.63) is 18.2 Å². The molecule has 0 saturated carbocycles. The number of nitrogens with one attached hydrogen (secondary N) is 1. The molecule has 0 saturated heterocycles. The van der Waals surface area contributed by atoms with Crippen molar-refractivity contribution in [3.63, 3.8) is 0 Å². The smallest absolute Gasteiger partial charge is 0.266 e. The van der Waals surface area contributed by atoms with E-state index in [0.29, 0.717) is 13.1 Å². The zero-order valence-corrected chi connectivity index (χ0v) is 15.1. The molecule has 2 rings (SSSR count). The first-order valence-corrected chi connectivity index (χ1v) is 9.38. The van der Waals surface area contributed by atoms with Gasteiger partial charge in [-0.25, -0.2) is 18.1 Å². The molecule has 3 N–H and O–H groups in total. The van der Waals surface area contributed by atoms with Gasteiger partial charge < -0.3 is 5.73 Å². The van der Waals surface area contributed by atoms with E-state index in [4.69, 9.17) is 5.73 Å². The zero-order valence-electron chi connectivity index (χ0n) is 13.5. The maximum absolute atomic E-state index is 12.7. The topological polar surface area (TPSA) is 113 Å². The number of nitrogen functional groups attached to an aromatic ring is 1. The normalized spacial score (nSPS) is 18.0. The van der Waals surface area contributed by atoms with E-state index in [9.17, 15) is 8.42 Å². The summed E-state index contributed by atoms with van der Waals surface area (Å²) in [5, 5.41) is 5.77. The third kappa shape index (κ3) is 3.88. The van der Waals surface area contributed by atoms with Crippen molar-refractivity contribution in [1.29, 1.82) is 0 Å². The molecule has 1 aromatic rings. The maximum atomic E-state index is 12.7. The van der Waals surface area contributed by atoms with Crippen LogP contribution in [0.2, 0.25) is 0 Å². The van der Waals surface area contributed by atoms with Gasteiger partial charge in [-0.15, -0.1) is 0 Å². The third-order valence-corrected chi connectivity index (χ3v) is 5.08. The van der Waals surface area contributed by atoms with Gasteiger partial charge in [-0.05, 0) is 25.5 Å². The van der Waals surface area contributed by atoms with Crippen LogP contribution in [0.4, 0.5) is 11.4 Å². The molecule has 1 aliphatic rings. The summed E-state index contributed by atoms with van der Waals surface area (Å²) in [6, 6.07) is 4.48. The van der Waals surface area contributed by atoms with Crippen molar-refractivity contribution < 1.29 is 8.42 Å². The largest absolute Gasteiger partial charge is 0.397 e. The number of sulfonamides is 1. The van der Waals surface area contributed by atoms with Crippen LogP contribution < -0.4 is 10.5 Å². The minimum absolute atomic E-state index is 0.0483. The van der Waals surface area contributed by atoms with E-state index in [2.05, 4.69) is 31.6 Å². The van der Waals surface area contributed by atoms with Crippen LogP contribution in [0.1, 0.15) is 20.3 Å². The Balaban J connectivity index is 2.33. The van der Waals surface area contributed by atoms with Crippen LogP contribution >= 0.6 is 0 Å². The SMILES string of the molecule is CCN=C(NS(=O)(=O)c1cccc(N)c1N=S)N1CC(CC)C=N1. The Morgan fingerprint density at radius 3 is 2.83 bits per heavy atom. The first-order valence-electron chi connectivity index (χ1n) is 7.53. The van der Waals surface area contributed by atoms with Crippen LogP contribution in [0, 0.1) is 5.92 Å². The average Bonchev–Trinajstić information content (AvgIpc) is 3.03. The van der Waals surface area contributed by atoms with Crippen molar-refractivity contribution in [2.24, 2.45) is 20.4 Å². The van der Waals surface area contributed by atoms with Crippen molar-refractivity contribution in [3.8, 4) is 0 Å². The molecule has 1 heterocycles. The highest BCUT2D eigenvalue weighted by molar-refractivity contribution is 7.90. The molecule has 1 aliphatic heterocycles. The second-order valence-corrected chi connectivity index (χ2v) is 7.04. The van der Waals surface area contributed by atoms with Crippen molar-refractivity contribution in [2.75, 3.05) is 18.8 Å². The predicted octanol–water partition coefficient (Wildman–Crippen LogP) is 1.61. The molecule has 1 atom stereocenters. The summed E-state index contributed by atoms with van der Waals surface area (Å²) in [6.07, 6.45) is 2.71. The Kier molecular flexibility index (Phi) is 5.84. The molecule has 0 aromatic heterocycles. The standard InChI is InChI=1S/C14H20N6O2S2/c1-3-10-8-17-20(9-10)14(16-4-2)19-24(21,22)12-7-5-6-11(15)13(12)18-23/h5-8,10H,3-4,9,15H2,1-2H3,(H,16,19). The van der Waals surface area contributed by atoms with Gasteiger partial charge in [0.2, 0.25) is 5.96 Å². The Labute approximate surface area is 147 Å². The summed E-state index contributed by atoms with van der Waals surface area (Å²) >= 11 is 4.65. The summed E-state index contributed by atoms with van der Waals surface area (Å²) in [5.41, 5.74) is 6.01. The van der Waals surface area contributed by atoms with Crippen molar-refractivity contribution in [1.82, 2.24) is 9.73 Å². The Bertz CT molecular complexity index is 775. The Morgan fingerprint density at radius 2 is 2.25 bits per heavy atom. The Hall–Kier alpha value is -2.07. The number of benzene rings is 1. The number of guanidine groups is 1. The van der Waals surface area contributed by atoms with E-state index in [0.717, 1.165) is 6.42 Å². The highest BCUT2D eigenvalue weighted by atomic mass is 32.2. The summed E-state index contributed by atoms with van der Waals surface area (Å²) in [5.74, 6) is 0.435. The minimum atomic E-state index is -3.95. The number of aliphatic imine (C=N–C) groups is 1. The first kappa shape index (κ1) is 18.3. The summed E-state index contributed by atoms with van der Waals surface area (Å²) in [4.78, 5) is 4.13. The molecular formula is C14H20N6O2S2. The van der Waals surface area contributed by atoms with E-state index in [1.54, 1.807) is 17.3 Å². The van der Waals surface area contributed by atoms with E-state index in [1.807, 2.05) is 13.8 Å². The van der Waals surface area contributed by atoms with Crippen LogP contribution in [-0.2, 0) is 22.4 Å². The van der Waals surface area contributed by atoms with E-state index in [-0.39, 0.29) is 28.1 Å². The fourth-order valence-corrected chi connectivity index (χ4v) is 3.67. The van der Waals surface area contributed by atoms with Crippen LogP contribution in [0.15, 0.2) is 37.6 Å². The highest BCUT2D eigenvalue weighted by Crippen LogP contribution is 2.30. The first-order chi connectivity index (χ1) is 11.4. The van der Waals surface area contributed by atoms with Crippen LogP contribution in [0.25, 0.3) is 0 Å². The van der Waals surface area contributed by atoms with Gasteiger partial charge in [0.05, 0.1) is 12.2 Å². The molecule has 0 fully saturated rings. The molecule has 130 valence electrons. The lowest BCUT2D eigenvalue weighted by Gasteiger charge is -2.19. The zero-order chi connectivity index (χ0) is 17.7. The molecule has 0 spiro atoms. The number of rotatable bonds is 5. The number of nitrogens with two attached hydrogens (primary N) is 1. The second-order valence-electron chi connectivity index (χ2n) is 5.20. The fourth-order valence-electron chi connectivity index (χ4n) is 2.21. The molecule has 0 radical (unpaired) electrons. The molecule has 1 aromatic carbocycles. The molecule has 0 bridgehead atoms. The Morgan fingerprint density at radius 1 is 1.50 bits per heavy atom. The second kappa shape index (κ2) is 7.67. The molecule has 24 heavy (non-hydrogen) atoms. The van der Waals surface area contributed by atoms with E-state index >= 15 is 0 Å². The molecule has 10 heteroatoms. The molecule has 8 nitrogen and oxygen atoms in total. The van der Waals surface area contributed by atoms with E-state index in [1.165, 1.54) is 12.1 Å². The maximum Gasteiger partial charge on any atom is 0.266 e. The van der Waals surface area contributed by atoms with Gasteiger partial charge in [0.15, 0.2) is 0 Å². The van der Waals surface area contributed by atoms with Crippen LogP contribution in [-0.4, -0.2) is 38.7 Å². The molecule has 0 aliphatic carbocycles. The van der Waals surface area contributed by atoms with Crippen LogP contribution in [0.3, 0.4) is 0 Å². The quantitative estimate of drug-likeness (QED) is 0.466. The van der Waals surface area contributed by atoms with Gasteiger partial charge in [-0.3, -0.25) is 4.99 Å². The van der Waals surface area contributed by atoms with Crippen LogP contribution in [0.5, 0.6) is 0 Å². The lowest BCUT2D eigenvalue weighted by Crippen LogP contribution is -2.41. The summed E-state index contributed by atoms with van der Waals surface area (Å²) in [6.45, 7) is 4.85. The average molecular weight is 368 g/mol. The third-order valence-electron chi connectivity index (χ3n) is 3.54. The highest BCUT2D eigenvalue weighted by Gasteiger charge is 2.27. The number of anilines is 1. The summed E-state index contributed by atoms with van der Waals surface area (Å²) in [7, 11) is -3.95. The lowest BCUT2D eigenvalue weighted by atomic mass is 10.1.